The van der Waals surface area contributed by atoms with Crippen molar-refractivity contribution < 1.29 is 71.4 Å². The lowest BCUT2D eigenvalue weighted by atomic mass is 10.1. The second-order valence-electron chi connectivity index (χ2n) is 17.6. The number of unbranched alkanes of at least 4 members (excludes halogenated alkanes) is 13. The van der Waals surface area contributed by atoms with E-state index in [0.29, 0.717) is 19.3 Å². The van der Waals surface area contributed by atoms with Gasteiger partial charge in [-0.2, -0.15) is 9.29 Å². The third-order valence-electron chi connectivity index (χ3n) is 11.1. The highest BCUT2D eigenvalue weighted by molar-refractivity contribution is 7.61. The first-order chi connectivity index (χ1) is 34.0. The maximum Gasteiger partial charge on any atom is 0.481 e. The van der Waals surface area contributed by atoms with E-state index in [-0.39, 0.29) is 24.8 Å². The normalized spacial score (nSPS) is 20.1. The minimum Gasteiger partial charge on any atom is -0.462 e. The van der Waals surface area contributed by atoms with Gasteiger partial charge in [-0.05, 0) is 96.5 Å². The number of esters is 2. The van der Waals surface area contributed by atoms with Crippen LogP contribution in [0.2, 0.25) is 0 Å². The van der Waals surface area contributed by atoms with Gasteiger partial charge in [0.2, 0.25) is 0 Å². The van der Waals surface area contributed by atoms with E-state index in [1.54, 1.807) is 6.92 Å². The molecule has 1 saturated heterocycles. The van der Waals surface area contributed by atoms with E-state index in [1.165, 1.54) is 44.6 Å². The van der Waals surface area contributed by atoms with E-state index in [9.17, 15) is 48.6 Å². The molecule has 7 N–H and O–H groups in total. The predicted octanol–water partition coefficient (Wildman–Crippen LogP) is 9.30. The van der Waals surface area contributed by atoms with Gasteiger partial charge in [0.25, 0.3) is 0 Å². The van der Waals surface area contributed by atoms with Gasteiger partial charge in [-0.15, -0.1) is 0 Å². The number of carbonyl (C=O) groups excluding carboxylic acids is 2. The van der Waals surface area contributed by atoms with E-state index in [1.807, 2.05) is 12.2 Å². The standard InChI is InChI=1S/C50H83N3O16P2/c1-3-4-5-6-7-8-9-10-12-17-20-23-26-29-32-35-46(56)67-42(38-64-45(55)34-31-28-25-22-19-16-14-11-13-15-18-21-24-27-30-33-41(2)54)39-65-70(60,61)69-71(62,63)66-40-43-47(57)48(58)49(68-43)53-37-36-44(51)52-50(53)59/h10,12-16,21-22,24-25,36-37,41-43,47-49,54,57-58H,3-9,11,17-20,23,26-35,38-40H2,1-2H3,(H,60,61)(H,62,63)(H2,51,52,59)/b12-10-,15-13-,16-14-,24-21-,25-22-/t41-,42-,43-,47-,48-,49-/m1/s1. The quantitative estimate of drug-likeness (QED) is 0.0154. The summed E-state index contributed by atoms with van der Waals surface area (Å²) >= 11 is 0. The number of allylic oxidation sites excluding steroid dienone is 10. The van der Waals surface area contributed by atoms with Crippen molar-refractivity contribution in [3.8, 4) is 0 Å². The van der Waals surface area contributed by atoms with Crippen LogP contribution in [-0.4, -0.2) is 96.9 Å². The molecule has 0 saturated carbocycles. The fourth-order valence-corrected chi connectivity index (χ4v) is 9.25. The minimum absolute atomic E-state index is 0.0202. The van der Waals surface area contributed by atoms with Gasteiger partial charge in [0.1, 0.15) is 30.7 Å². The van der Waals surface area contributed by atoms with Gasteiger partial charge in [0.05, 0.1) is 19.3 Å². The second kappa shape index (κ2) is 38.1. The Labute approximate surface area is 420 Å². The third-order valence-corrected chi connectivity index (χ3v) is 13.7. The Hall–Kier alpha value is -3.58. The van der Waals surface area contributed by atoms with Crippen LogP contribution in [0.5, 0.6) is 0 Å². The number of hydrogen-bond donors (Lipinski definition) is 6. The van der Waals surface area contributed by atoms with Crippen LogP contribution in [0.15, 0.2) is 77.8 Å². The zero-order valence-corrected chi connectivity index (χ0v) is 43.7. The Kier molecular flexibility index (Phi) is 34.1. The Morgan fingerprint density at radius 1 is 0.732 bits per heavy atom. The summed E-state index contributed by atoms with van der Waals surface area (Å²) in [7, 11) is -10.9. The van der Waals surface area contributed by atoms with Gasteiger partial charge in [0.15, 0.2) is 12.3 Å². The van der Waals surface area contributed by atoms with Crippen LogP contribution in [0.4, 0.5) is 5.82 Å². The SMILES string of the molecule is CCCCCCCC/C=C\CCCCCCCC(=O)O[C@H](COC(=O)CCC/C=C\C/C=C\C/C=C\C/C=C\CCC[C@@H](C)O)COP(=O)(O)OP(=O)(O)OC[C@H]1O[C@@H](n2ccc(N)nc2=O)[C@H](O)[C@@H]1O. The molecule has 0 aliphatic carbocycles. The molecule has 2 unspecified atom stereocenters. The lowest BCUT2D eigenvalue weighted by molar-refractivity contribution is -0.161. The van der Waals surface area contributed by atoms with Crippen molar-refractivity contribution in [2.75, 3.05) is 25.6 Å². The van der Waals surface area contributed by atoms with Gasteiger partial charge in [-0.1, -0.05) is 119 Å². The number of rotatable bonds is 41. The molecule has 0 radical (unpaired) electrons. The van der Waals surface area contributed by atoms with Crippen molar-refractivity contribution >= 4 is 33.4 Å². The first-order valence-corrected chi connectivity index (χ1v) is 28.3. The van der Waals surface area contributed by atoms with Gasteiger partial charge in [-0.3, -0.25) is 23.2 Å². The van der Waals surface area contributed by atoms with E-state index < -0.39 is 83.7 Å². The van der Waals surface area contributed by atoms with Gasteiger partial charge in [-0.25, -0.2) is 13.9 Å². The highest BCUT2D eigenvalue weighted by Crippen LogP contribution is 2.60. The third kappa shape index (κ3) is 31.6. The van der Waals surface area contributed by atoms with Crippen molar-refractivity contribution in [3.63, 3.8) is 0 Å². The average molecular weight is 1040 g/mol. The summed E-state index contributed by atoms with van der Waals surface area (Å²) in [5.41, 5.74) is 4.58. The van der Waals surface area contributed by atoms with Crippen LogP contribution in [0.3, 0.4) is 0 Å². The smallest absolute Gasteiger partial charge is 0.462 e. The molecule has 404 valence electrons. The molecule has 1 aromatic heterocycles. The molecule has 1 fully saturated rings. The Morgan fingerprint density at radius 3 is 1.86 bits per heavy atom. The molecule has 0 aromatic carbocycles. The van der Waals surface area contributed by atoms with Crippen LogP contribution < -0.4 is 11.4 Å². The summed E-state index contributed by atoms with van der Waals surface area (Å²) in [5, 5.41) is 30.2. The number of aromatic nitrogens is 2. The number of carbonyl (C=O) groups is 2. The summed E-state index contributed by atoms with van der Waals surface area (Å²) in [4.78, 5) is 61.9. The van der Waals surface area contributed by atoms with Crippen molar-refractivity contribution in [3.05, 3.63) is 83.5 Å². The molecular weight excluding hydrogens is 961 g/mol. The molecule has 0 spiro atoms. The molecule has 2 heterocycles. The predicted molar refractivity (Wildman–Crippen MR) is 272 cm³/mol. The molecule has 71 heavy (non-hydrogen) atoms. The number of phosphoric ester groups is 2. The number of nitrogen functional groups attached to an aromatic ring is 1. The zero-order chi connectivity index (χ0) is 52.2. The van der Waals surface area contributed by atoms with Crippen molar-refractivity contribution in [1.82, 2.24) is 9.55 Å². The largest absolute Gasteiger partial charge is 0.481 e. The molecule has 0 amide bonds. The Morgan fingerprint density at radius 2 is 1.25 bits per heavy atom. The second-order valence-corrected chi connectivity index (χ2v) is 20.6. The van der Waals surface area contributed by atoms with E-state index in [0.717, 1.165) is 87.8 Å². The maximum atomic E-state index is 12.9. The Balaban J connectivity index is 1.83. The molecule has 2 rings (SSSR count). The number of nitrogens with zero attached hydrogens (tertiary/aromatic N) is 2. The van der Waals surface area contributed by atoms with Crippen LogP contribution >= 0.6 is 15.6 Å². The molecule has 19 nitrogen and oxygen atoms in total. The fourth-order valence-electron chi connectivity index (χ4n) is 7.14. The lowest BCUT2D eigenvalue weighted by Crippen LogP contribution is -2.36. The Bertz CT molecular complexity index is 1940. The molecule has 1 aliphatic rings. The molecule has 21 heteroatoms. The highest BCUT2D eigenvalue weighted by atomic mass is 31.3. The highest BCUT2D eigenvalue weighted by Gasteiger charge is 2.46. The molecule has 0 bridgehead atoms. The fraction of sp³-hybridized carbons (Fsp3) is 0.680. The number of aliphatic hydroxyl groups excluding tert-OH is 3. The van der Waals surface area contributed by atoms with Crippen LogP contribution in [-0.2, 0) is 46.3 Å². The van der Waals surface area contributed by atoms with Gasteiger partial charge >= 0.3 is 33.3 Å². The number of aliphatic hydroxyl groups is 3. The molecular formula is C50H83N3O16P2. The van der Waals surface area contributed by atoms with E-state index in [2.05, 4.69) is 64.8 Å². The van der Waals surface area contributed by atoms with E-state index >= 15 is 0 Å². The van der Waals surface area contributed by atoms with Crippen LogP contribution in [0, 0.1) is 0 Å². The summed E-state index contributed by atoms with van der Waals surface area (Å²) in [5.74, 6) is -1.40. The number of phosphoric acid groups is 2. The lowest BCUT2D eigenvalue weighted by Gasteiger charge is -2.21. The van der Waals surface area contributed by atoms with Gasteiger partial charge in [0, 0.05) is 19.0 Å². The first-order valence-electron chi connectivity index (χ1n) is 25.3. The number of anilines is 1. The van der Waals surface area contributed by atoms with Crippen molar-refractivity contribution in [1.29, 1.82) is 0 Å². The molecule has 1 aliphatic heterocycles. The topological polar surface area (TPSA) is 286 Å². The number of nitrogens with two attached hydrogens (primary N) is 1. The summed E-state index contributed by atoms with van der Waals surface area (Å²) < 4.78 is 56.7. The number of ether oxygens (including phenoxy) is 3. The van der Waals surface area contributed by atoms with Gasteiger partial charge < -0.3 is 45.1 Å². The molecule has 1 aromatic rings. The minimum atomic E-state index is -5.44. The van der Waals surface area contributed by atoms with E-state index in [4.69, 9.17) is 29.0 Å². The monoisotopic (exact) mass is 1040 g/mol. The maximum absolute atomic E-state index is 12.9. The summed E-state index contributed by atoms with van der Waals surface area (Å²) in [6.45, 7) is 1.63. The molecule has 8 atom stereocenters. The van der Waals surface area contributed by atoms with Crippen molar-refractivity contribution in [2.45, 2.75) is 198 Å². The van der Waals surface area contributed by atoms with Crippen molar-refractivity contribution in [2.24, 2.45) is 0 Å². The van der Waals surface area contributed by atoms with Crippen LogP contribution in [0.1, 0.15) is 168 Å². The van der Waals surface area contributed by atoms with Crippen LogP contribution in [0.25, 0.3) is 0 Å². The summed E-state index contributed by atoms with van der Waals surface area (Å²) in [6, 6.07) is 1.24. The number of hydrogen-bond acceptors (Lipinski definition) is 16. The summed E-state index contributed by atoms with van der Waals surface area (Å²) in [6.07, 6.45) is 34.4. The zero-order valence-electron chi connectivity index (χ0n) is 41.9. The average Bonchev–Trinajstić information content (AvgIpc) is 3.59. The first kappa shape index (κ1) is 63.5.